The van der Waals surface area contributed by atoms with Crippen molar-refractivity contribution in [3.05, 3.63) is 24.8 Å². The first-order valence-corrected chi connectivity index (χ1v) is 6.69. The van der Waals surface area contributed by atoms with E-state index in [1.807, 2.05) is 34.8 Å². The molecule has 0 N–H and O–H groups in total. The van der Waals surface area contributed by atoms with Crippen molar-refractivity contribution in [2.24, 2.45) is 0 Å². The molecule has 0 aliphatic heterocycles. The quantitative estimate of drug-likeness (QED) is 0.589. The number of rotatable bonds is 4. The molecular formula is C9H11N3S2. The molecular weight excluding hydrogens is 214 g/mol. The van der Waals surface area contributed by atoms with E-state index < -0.39 is 0 Å². The number of thioether (sulfide) groups is 2. The topological polar surface area (TPSA) is 30.2 Å². The lowest BCUT2D eigenvalue weighted by Gasteiger charge is -2.00. The number of imidazole rings is 1. The van der Waals surface area contributed by atoms with Gasteiger partial charge in [0.25, 0.3) is 0 Å². The van der Waals surface area contributed by atoms with Crippen LogP contribution in [-0.4, -0.2) is 32.1 Å². The van der Waals surface area contributed by atoms with Crippen molar-refractivity contribution in [2.75, 3.05) is 17.8 Å². The summed E-state index contributed by atoms with van der Waals surface area (Å²) in [5.41, 5.74) is 0.957. The van der Waals surface area contributed by atoms with E-state index in [9.17, 15) is 0 Å². The Balaban J connectivity index is 2.19. The number of hydrogen-bond donors (Lipinski definition) is 0. The van der Waals surface area contributed by atoms with E-state index in [4.69, 9.17) is 0 Å². The van der Waals surface area contributed by atoms with Crippen LogP contribution in [0.25, 0.3) is 5.65 Å². The zero-order valence-corrected chi connectivity index (χ0v) is 9.51. The van der Waals surface area contributed by atoms with Crippen LogP contribution in [0, 0.1) is 0 Å². The molecule has 0 aliphatic rings. The van der Waals surface area contributed by atoms with Crippen LogP contribution in [0.4, 0.5) is 0 Å². The van der Waals surface area contributed by atoms with Crippen molar-refractivity contribution in [3.8, 4) is 0 Å². The summed E-state index contributed by atoms with van der Waals surface area (Å²) in [5, 5.41) is 1.02. The molecule has 0 atom stereocenters. The number of aromatic nitrogens is 3. The Kier molecular flexibility index (Phi) is 3.31. The summed E-state index contributed by atoms with van der Waals surface area (Å²) in [6.07, 6.45) is 9.59. The molecule has 2 rings (SSSR count). The summed E-state index contributed by atoms with van der Waals surface area (Å²) >= 11 is 3.62. The highest BCUT2D eigenvalue weighted by molar-refractivity contribution is 8.02. The van der Waals surface area contributed by atoms with Gasteiger partial charge in [0.2, 0.25) is 0 Å². The van der Waals surface area contributed by atoms with Crippen LogP contribution in [0.3, 0.4) is 0 Å². The molecule has 0 fully saturated rings. The van der Waals surface area contributed by atoms with Crippen molar-refractivity contribution in [2.45, 2.75) is 5.03 Å². The Labute approximate surface area is 91.3 Å². The summed E-state index contributed by atoms with van der Waals surface area (Å²) in [4.78, 5) is 8.59. The minimum absolute atomic E-state index is 0.957. The third-order valence-corrected chi connectivity index (χ3v) is 3.65. The molecule has 0 aliphatic carbocycles. The molecule has 3 nitrogen and oxygen atoms in total. The normalized spacial score (nSPS) is 10.9. The van der Waals surface area contributed by atoms with E-state index in [-0.39, 0.29) is 0 Å². The van der Waals surface area contributed by atoms with Crippen molar-refractivity contribution in [1.29, 1.82) is 0 Å². The first kappa shape index (κ1) is 9.86. The van der Waals surface area contributed by atoms with E-state index in [0.717, 1.165) is 22.2 Å². The van der Waals surface area contributed by atoms with Gasteiger partial charge in [-0.3, -0.25) is 0 Å². The van der Waals surface area contributed by atoms with Gasteiger partial charge in [-0.25, -0.2) is 9.97 Å². The summed E-state index contributed by atoms with van der Waals surface area (Å²) < 4.78 is 1.99. The van der Waals surface area contributed by atoms with Gasteiger partial charge >= 0.3 is 0 Å². The van der Waals surface area contributed by atoms with Crippen LogP contribution in [0.2, 0.25) is 0 Å². The maximum Gasteiger partial charge on any atom is 0.169 e. The molecule has 14 heavy (non-hydrogen) atoms. The molecule has 0 amide bonds. The predicted octanol–water partition coefficient (Wildman–Crippen LogP) is 2.18. The van der Waals surface area contributed by atoms with Crippen molar-refractivity contribution in [3.63, 3.8) is 0 Å². The van der Waals surface area contributed by atoms with E-state index in [2.05, 4.69) is 16.2 Å². The molecule has 2 aromatic rings. The lowest BCUT2D eigenvalue weighted by atomic mass is 10.7. The third-order valence-electron chi connectivity index (χ3n) is 1.81. The smallest absolute Gasteiger partial charge is 0.169 e. The zero-order chi connectivity index (χ0) is 9.80. The van der Waals surface area contributed by atoms with Gasteiger partial charge in [0.05, 0.1) is 0 Å². The highest BCUT2D eigenvalue weighted by Crippen LogP contribution is 2.19. The van der Waals surface area contributed by atoms with Crippen molar-refractivity contribution in [1.82, 2.24) is 14.4 Å². The van der Waals surface area contributed by atoms with E-state index >= 15 is 0 Å². The van der Waals surface area contributed by atoms with Crippen molar-refractivity contribution < 1.29 is 0 Å². The Morgan fingerprint density at radius 3 is 2.79 bits per heavy atom. The highest BCUT2D eigenvalue weighted by Gasteiger charge is 2.03. The number of nitrogens with zero attached hydrogens (tertiary/aromatic N) is 3. The van der Waals surface area contributed by atoms with E-state index in [1.165, 1.54) is 0 Å². The van der Waals surface area contributed by atoms with Crippen molar-refractivity contribution >= 4 is 29.2 Å². The maximum atomic E-state index is 4.32. The summed E-state index contributed by atoms with van der Waals surface area (Å²) in [6, 6.07) is 0. The van der Waals surface area contributed by atoms with Gasteiger partial charge in [0, 0.05) is 36.3 Å². The lowest BCUT2D eigenvalue weighted by molar-refractivity contribution is 1.03. The summed E-state index contributed by atoms with van der Waals surface area (Å²) in [5.74, 6) is 2.23. The minimum Gasteiger partial charge on any atom is -0.303 e. The van der Waals surface area contributed by atoms with Gasteiger partial charge in [-0.15, -0.1) is 11.8 Å². The fourth-order valence-electron chi connectivity index (χ4n) is 1.15. The van der Waals surface area contributed by atoms with Crippen LogP contribution in [-0.2, 0) is 0 Å². The van der Waals surface area contributed by atoms with Gasteiger partial charge in [-0.2, -0.15) is 11.8 Å². The summed E-state index contributed by atoms with van der Waals surface area (Å²) in [6.45, 7) is 0. The fourth-order valence-corrected chi connectivity index (χ4v) is 2.77. The predicted molar refractivity (Wildman–Crippen MR) is 62.1 cm³/mol. The molecule has 2 aromatic heterocycles. The molecule has 74 valence electrons. The molecule has 2 heterocycles. The fraction of sp³-hybridized carbons (Fsp3) is 0.333. The Morgan fingerprint density at radius 1 is 1.21 bits per heavy atom. The van der Waals surface area contributed by atoms with Crippen LogP contribution in [0.15, 0.2) is 29.8 Å². The monoisotopic (exact) mass is 225 g/mol. The van der Waals surface area contributed by atoms with Gasteiger partial charge in [-0.1, -0.05) is 0 Å². The molecule has 0 saturated heterocycles. The second-order valence-electron chi connectivity index (χ2n) is 2.73. The molecule has 0 spiro atoms. The molecule has 0 radical (unpaired) electrons. The molecule has 0 aromatic carbocycles. The van der Waals surface area contributed by atoms with Crippen LogP contribution in [0.1, 0.15) is 0 Å². The van der Waals surface area contributed by atoms with E-state index in [1.54, 1.807) is 18.0 Å². The van der Waals surface area contributed by atoms with Gasteiger partial charge in [0.15, 0.2) is 5.65 Å². The maximum absolute atomic E-state index is 4.32. The SMILES string of the molecule is CSCCSc1nccn2ccnc12. The first-order chi connectivity index (χ1) is 6.92. The second-order valence-corrected chi connectivity index (χ2v) is 4.80. The largest absolute Gasteiger partial charge is 0.303 e. The zero-order valence-electron chi connectivity index (χ0n) is 7.88. The Hall–Kier alpha value is -0.680. The Morgan fingerprint density at radius 2 is 2.00 bits per heavy atom. The average Bonchev–Trinajstić information content (AvgIpc) is 2.67. The van der Waals surface area contributed by atoms with Crippen LogP contribution >= 0.6 is 23.5 Å². The van der Waals surface area contributed by atoms with Crippen LogP contribution < -0.4 is 0 Å². The first-order valence-electron chi connectivity index (χ1n) is 4.31. The molecule has 0 saturated carbocycles. The number of hydrogen-bond acceptors (Lipinski definition) is 4. The highest BCUT2D eigenvalue weighted by atomic mass is 32.2. The van der Waals surface area contributed by atoms with Gasteiger partial charge < -0.3 is 4.40 Å². The molecule has 0 unspecified atom stereocenters. The van der Waals surface area contributed by atoms with Gasteiger partial charge in [0.1, 0.15) is 5.03 Å². The molecule has 5 heteroatoms. The van der Waals surface area contributed by atoms with Gasteiger partial charge in [-0.05, 0) is 6.26 Å². The average molecular weight is 225 g/mol. The van der Waals surface area contributed by atoms with E-state index in [0.29, 0.717) is 0 Å². The second kappa shape index (κ2) is 4.70. The minimum atomic E-state index is 0.957. The standard InChI is InChI=1S/C9H11N3S2/c1-13-6-7-14-9-8-10-2-4-12(8)5-3-11-9/h2-5H,6-7H2,1H3. The number of fused-ring (bicyclic) bond motifs is 1. The Bertz CT molecular complexity index is 413. The molecule has 0 bridgehead atoms. The lowest BCUT2D eigenvalue weighted by Crippen LogP contribution is -1.91. The third kappa shape index (κ3) is 2.04. The summed E-state index contributed by atoms with van der Waals surface area (Å²) in [7, 11) is 0. The van der Waals surface area contributed by atoms with Crippen LogP contribution in [0.5, 0.6) is 0 Å².